The fraction of sp³-hybridized carbons (Fsp3) is 0.500. The van der Waals surface area contributed by atoms with Crippen molar-refractivity contribution in [1.82, 2.24) is 14.3 Å². The van der Waals surface area contributed by atoms with Gasteiger partial charge in [0.15, 0.2) is 4.96 Å². The van der Waals surface area contributed by atoms with Crippen molar-refractivity contribution >= 4 is 28.2 Å². The molecule has 0 bridgehead atoms. The summed E-state index contributed by atoms with van der Waals surface area (Å²) in [6.07, 6.45) is 2.74. The normalized spacial score (nSPS) is 22.1. The SMILES string of the molecule is Cc1cn2c(CC(=O)N3CCC(C(=O)O)C3C)csc2n1. The maximum atomic E-state index is 12.4. The number of likely N-dealkylation sites (tertiary alicyclic amines) is 1. The molecular weight excluding hydrogens is 290 g/mol. The quantitative estimate of drug-likeness (QED) is 0.934. The van der Waals surface area contributed by atoms with Crippen molar-refractivity contribution in [2.75, 3.05) is 6.54 Å². The third kappa shape index (κ3) is 2.42. The summed E-state index contributed by atoms with van der Waals surface area (Å²) < 4.78 is 1.94. The molecule has 0 radical (unpaired) electrons. The van der Waals surface area contributed by atoms with Crippen molar-refractivity contribution in [2.24, 2.45) is 5.92 Å². The molecule has 0 saturated carbocycles. The molecule has 1 amide bonds. The van der Waals surface area contributed by atoms with Crippen molar-refractivity contribution in [2.45, 2.75) is 32.7 Å². The summed E-state index contributed by atoms with van der Waals surface area (Å²) in [6.45, 7) is 4.26. The summed E-state index contributed by atoms with van der Waals surface area (Å²) in [7, 11) is 0. The summed E-state index contributed by atoms with van der Waals surface area (Å²) in [5, 5.41) is 11.1. The van der Waals surface area contributed by atoms with Crippen LogP contribution in [0.3, 0.4) is 0 Å². The highest BCUT2D eigenvalue weighted by atomic mass is 32.1. The molecule has 1 aliphatic rings. The average molecular weight is 307 g/mol. The van der Waals surface area contributed by atoms with Gasteiger partial charge in [-0.2, -0.15) is 0 Å². The van der Waals surface area contributed by atoms with Gasteiger partial charge in [0.25, 0.3) is 0 Å². The summed E-state index contributed by atoms with van der Waals surface area (Å²) in [6, 6.07) is -0.242. The highest BCUT2D eigenvalue weighted by Gasteiger charge is 2.38. The van der Waals surface area contributed by atoms with Crippen LogP contribution in [0.15, 0.2) is 11.6 Å². The van der Waals surface area contributed by atoms with Crippen LogP contribution in [-0.4, -0.2) is 43.9 Å². The summed E-state index contributed by atoms with van der Waals surface area (Å²) in [4.78, 5) is 30.5. The number of imidazole rings is 1. The Morgan fingerprint density at radius 3 is 2.95 bits per heavy atom. The predicted octanol–water partition coefficient (Wildman–Crippen LogP) is 1.57. The zero-order chi connectivity index (χ0) is 15.1. The van der Waals surface area contributed by atoms with Crippen LogP contribution in [0.5, 0.6) is 0 Å². The van der Waals surface area contributed by atoms with Gasteiger partial charge in [-0.05, 0) is 20.3 Å². The molecule has 1 N–H and O–H groups in total. The molecule has 7 heteroatoms. The second-order valence-electron chi connectivity index (χ2n) is 5.50. The molecule has 0 spiro atoms. The van der Waals surface area contributed by atoms with Crippen molar-refractivity contribution in [1.29, 1.82) is 0 Å². The first kappa shape index (κ1) is 14.1. The maximum absolute atomic E-state index is 12.4. The van der Waals surface area contributed by atoms with E-state index >= 15 is 0 Å². The highest BCUT2D eigenvalue weighted by molar-refractivity contribution is 7.15. The second kappa shape index (κ2) is 5.14. The van der Waals surface area contributed by atoms with Crippen molar-refractivity contribution < 1.29 is 14.7 Å². The molecule has 1 saturated heterocycles. The Morgan fingerprint density at radius 2 is 2.29 bits per heavy atom. The van der Waals surface area contributed by atoms with E-state index in [1.165, 1.54) is 11.3 Å². The lowest BCUT2D eigenvalue weighted by molar-refractivity contribution is -0.143. The molecule has 0 aliphatic carbocycles. The van der Waals surface area contributed by atoms with Crippen molar-refractivity contribution in [3.8, 4) is 0 Å². The monoisotopic (exact) mass is 307 g/mol. The number of hydrogen-bond donors (Lipinski definition) is 1. The van der Waals surface area contributed by atoms with E-state index in [0.29, 0.717) is 13.0 Å². The van der Waals surface area contributed by atoms with Crippen LogP contribution in [0.1, 0.15) is 24.7 Å². The Hall–Kier alpha value is -1.89. The number of amides is 1. The van der Waals surface area contributed by atoms with E-state index in [1.807, 2.05) is 29.8 Å². The molecule has 2 unspecified atom stereocenters. The Kier molecular flexibility index (Phi) is 3.44. The van der Waals surface area contributed by atoms with Crippen molar-refractivity contribution in [3.63, 3.8) is 0 Å². The number of carbonyl (C=O) groups excluding carboxylic acids is 1. The van der Waals surface area contributed by atoms with Crippen LogP contribution < -0.4 is 0 Å². The molecule has 6 nitrogen and oxygen atoms in total. The molecule has 2 aromatic heterocycles. The first-order valence-electron chi connectivity index (χ1n) is 6.91. The van der Waals surface area contributed by atoms with Crippen LogP contribution >= 0.6 is 11.3 Å². The molecule has 2 aromatic rings. The van der Waals surface area contributed by atoms with E-state index in [9.17, 15) is 9.59 Å². The van der Waals surface area contributed by atoms with E-state index < -0.39 is 11.9 Å². The number of fused-ring (bicyclic) bond motifs is 1. The van der Waals surface area contributed by atoms with Gasteiger partial charge in [0.05, 0.1) is 18.0 Å². The Balaban J connectivity index is 1.76. The first-order valence-corrected chi connectivity index (χ1v) is 7.79. The van der Waals surface area contributed by atoms with E-state index in [-0.39, 0.29) is 18.4 Å². The molecule has 21 heavy (non-hydrogen) atoms. The third-order valence-electron chi connectivity index (χ3n) is 4.13. The third-order valence-corrected chi connectivity index (χ3v) is 5.02. The minimum Gasteiger partial charge on any atom is -0.481 e. The summed E-state index contributed by atoms with van der Waals surface area (Å²) >= 11 is 1.51. The lowest BCUT2D eigenvalue weighted by Crippen LogP contribution is -2.38. The van der Waals surface area contributed by atoms with Gasteiger partial charge in [-0.15, -0.1) is 11.3 Å². The van der Waals surface area contributed by atoms with Crippen molar-refractivity contribution in [3.05, 3.63) is 23.0 Å². The van der Waals surface area contributed by atoms with Gasteiger partial charge in [-0.1, -0.05) is 0 Å². The number of aryl methyl sites for hydroxylation is 1. The predicted molar refractivity (Wildman–Crippen MR) is 78.4 cm³/mol. The van der Waals surface area contributed by atoms with E-state index in [0.717, 1.165) is 16.3 Å². The minimum absolute atomic E-state index is 0.0164. The largest absolute Gasteiger partial charge is 0.481 e. The average Bonchev–Trinajstić information content (AvgIpc) is 3.05. The van der Waals surface area contributed by atoms with Gasteiger partial charge in [0, 0.05) is 29.9 Å². The van der Waals surface area contributed by atoms with Crippen LogP contribution in [-0.2, 0) is 16.0 Å². The lowest BCUT2D eigenvalue weighted by Gasteiger charge is -2.23. The van der Waals surface area contributed by atoms with Crippen LogP contribution in [0.2, 0.25) is 0 Å². The molecular formula is C14H17N3O3S. The molecule has 0 aromatic carbocycles. The zero-order valence-corrected chi connectivity index (χ0v) is 12.8. The van der Waals surface area contributed by atoms with Gasteiger partial charge in [0.1, 0.15) is 0 Å². The number of carboxylic acids is 1. The lowest BCUT2D eigenvalue weighted by atomic mass is 10.0. The van der Waals surface area contributed by atoms with Gasteiger partial charge < -0.3 is 10.0 Å². The number of nitrogens with zero attached hydrogens (tertiary/aromatic N) is 3. The zero-order valence-electron chi connectivity index (χ0n) is 11.9. The molecule has 3 heterocycles. The highest BCUT2D eigenvalue weighted by Crippen LogP contribution is 2.26. The van der Waals surface area contributed by atoms with Gasteiger partial charge in [-0.3, -0.25) is 14.0 Å². The van der Waals surface area contributed by atoms with E-state index in [1.54, 1.807) is 4.90 Å². The Bertz CT molecular complexity index is 705. The fourth-order valence-electron chi connectivity index (χ4n) is 2.95. The van der Waals surface area contributed by atoms with E-state index in [4.69, 9.17) is 5.11 Å². The standard InChI is InChI=1S/C14H17N3O3S/c1-8-6-17-10(7-21-14(17)15-8)5-12(18)16-4-3-11(9(16)2)13(19)20/h6-7,9,11H,3-5H2,1-2H3,(H,19,20). The maximum Gasteiger partial charge on any atom is 0.308 e. The number of carboxylic acid groups (broad SMARTS) is 1. The van der Waals surface area contributed by atoms with E-state index in [2.05, 4.69) is 4.98 Å². The smallest absolute Gasteiger partial charge is 0.308 e. The first-order chi connectivity index (χ1) is 9.97. The number of rotatable bonds is 3. The summed E-state index contributed by atoms with van der Waals surface area (Å²) in [5.74, 6) is -1.29. The Morgan fingerprint density at radius 1 is 1.52 bits per heavy atom. The summed E-state index contributed by atoms with van der Waals surface area (Å²) in [5.41, 5.74) is 1.84. The molecule has 1 aliphatic heterocycles. The van der Waals surface area contributed by atoms with Crippen LogP contribution in [0.25, 0.3) is 4.96 Å². The minimum atomic E-state index is -0.819. The second-order valence-corrected chi connectivity index (χ2v) is 6.34. The van der Waals surface area contributed by atoms with Gasteiger partial charge >= 0.3 is 5.97 Å². The van der Waals surface area contributed by atoms with Gasteiger partial charge in [-0.25, -0.2) is 4.98 Å². The van der Waals surface area contributed by atoms with Gasteiger partial charge in [0.2, 0.25) is 5.91 Å². The molecule has 112 valence electrons. The number of aromatic nitrogens is 2. The molecule has 1 fully saturated rings. The molecule has 3 rings (SSSR count). The number of thiazole rings is 1. The Labute approximate surface area is 126 Å². The number of hydrogen-bond acceptors (Lipinski definition) is 4. The van der Waals surface area contributed by atoms with Crippen LogP contribution in [0, 0.1) is 12.8 Å². The number of aliphatic carboxylic acids is 1. The van der Waals surface area contributed by atoms with Crippen LogP contribution in [0.4, 0.5) is 0 Å². The fourth-order valence-corrected chi connectivity index (χ4v) is 3.87. The topological polar surface area (TPSA) is 74.9 Å². The molecule has 2 atom stereocenters. The number of carbonyl (C=O) groups is 2.